The van der Waals surface area contributed by atoms with Crippen LogP contribution >= 0.6 is 0 Å². The van der Waals surface area contributed by atoms with Gasteiger partial charge in [0, 0.05) is 19.6 Å². The third-order valence-electron chi connectivity index (χ3n) is 3.61. The van der Waals surface area contributed by atoms with Crippen LogP contribution in [0.1, 0.15) is 64.7 Å². The van der Waals surface area contributed by atoms with Crippen LogP contribution in [0.2, 0.25) is 0 Å². The maximum absolute atomic E-state index is 10.5. The maximum atomic E-state index is 10.5. The molecular formula is C16H30O5. The molecule has 0 aromatic heterocycles. The van der Waals surface area contributed by atoms with Crippen molar-refractivity contribution < 1.29 is 24.1 Å². The summed E-state index contributed by atoms with van der Waals surface area (Å²) in [7, 11) is 0. The minimum atomic E-state index is -0.730. The van der Waals surface area contributed by atoms with E-state index in [0.29, 0.717) is 19.6 Å². The molecule has 2 atom stereocenters. The smallest absolute Gasteiger partial charge is 0.303 e. The van der Waals surface area contributed by atoms with E-state index in [1.54, 1.807) is 0 Å². The standard InChI is InChI=1S/C16H30O5/c1-2-7-14(8-5-9-15(17)18)19-12-6-13-21-16-10-3-4-11-20-16/h14,16H,2-13H2,1H3,(H,17,18). The number of carbonyl (C=O) groups is 1. The highest BCUT2D eigenvalue weighted by molar-refractivity contribution is 5.66. The number of hydrogen-bond donors (Lipinski definition) is 1. The molecule has 124 valence electrons. The van der Waals surface area contributed by atoms with E-state index in [0.717, 1.165) is 45.1 Å². The van der Waals surface area contributed by atoms with Gasteiger partial charge in [-0.25, -0.2) is 0 Å². The second-order valence-electron chi connectivity index (χ2n) is 5.59. The zero-order valence-corrected chi connectivity index (χ0v) is 13.2. The summed E-state index contributed by atoms with van der Waals surface area (Å²) in [6, 6.07) is 0. The molecule has 1 aliphatic heterocycles. The van der Waals surface area contributed by atoms with Gasteiger partial charge in [-0.05, 0) is 44.9 Å². The lowest BCUT2D eigenvalue weighted by atomic mass is 10.1. The number of aliphatic carboxylic acids is 1. The molecule has 21 heavy (non-hydrogen) atoms. The van der Waals surface area contributed by atoms with Gasteiger partial charge in [0.15, 0.2) is 6.29 Å². The van der Waals surface area contributed by atoms with Crippen molar-refractivity contribution in [2.45, 2.75) is 77.1 Å². The molecule has 5 heteroatoms. The fourth-order valence-electron chi connectivity index (χ4n) is 2.48. The Morgan fingerprint density at radius 3 is 2.81 bits per heavy atom. The predicted molar refractivity (Wildman–Crippen MR) is 80.3 cm³/mol. The maximum Gasteiger partial charge on any atom is 0.303 e. The van der Waals surface area contributed by atoms with Crippen LogP contribution in [0.3, 0.4) is 0 Å². The highest BCUT2D eigenvalue weighted by Crippen LogP contribution is 2.14. The number of hydrogen-bond acceptors (Lipinski definition) is 4. The monoisotopic (exact) mass is 302 g/mol. The van der Waals surface area contributed by atoms with Gasteiger partial charge in [-0.3, -0.25) is 4.79 Å². The van der Waals surface area contributed by atoms with Crippen molar-refractivity contribution in [2.24, 2.45) is 0 Å². The summed E-state index contributed by atoms with van der Waals surface area (Å²) < 4.78 is 17.0. The van der Waals surface area contributed by atoms with Gasteiger partial charge in [0.2, 0.25) is 0 Å². The zero-order chi connectivity index (χ0) is 15.3. The molecule has 1 fully saturated rings. The van der Waals surface area contributed by atoms with Crippen molar-refractivity contribution in [1.29, 1.82) is 0 Å². The highest BCUT2D eigenvalue weighted by atomic mass is 16.7. The quantitative estimate of drug-likeness (QED) is 0.560. The molecule has 0 bridgehead atoms. The van der Waals surface area contributed by atoms with E-state index in [4.69, 9.17) is 19.3 Å². The molecular weight excluding hydrogens is 272 g/mol. The summed E-state index contributed by atoms with van der Waals surface area (Å²) in [6.45, 7) is 4.27. The average molecular weight is 302 g/mol. The van der Waals surface area contributed by atoms with Crippen LogP contribution in [0.15, 0.2) is 0 Å². The number of rotatable bonds is 12. The van der Waals surface area contributed by atoms with Crippen LogP contribution < -0.4 is 0 Å². The Morgan fingerprint density at radius 1 is 1.29 bits per heavy atom. The molecule has 1 aliphatic rings. The molecule has 1 heterocycles. The Morgan fingerprint density at radius 2 is 2.14 bits per heavy atom. The van der Waals surface area contributed by atoms with Gasteiger partial charge < -0.3 is 19.3 Å². The van der Waals surface area contributed by atoms with Crippen LogP contribution in [0.25, 0.3) is 0 Å². The van der Waals surface area contributed by atoms with E-state index < -0.39 is 5.97 Å². The van der Waals surface area contributed by atoms with Gasteiger partial charge in [-0.1, -0.05) is 13.3 Å². The Bertz CT molecular complexity index is 263. The molecule has 0 saturated carbocycles. The van der Waals surface area contributed by atoms with Gasteiger partial charge in [0.25, 0.3) is 0 Å². The first-order chi connectivity index (χ1) is 10.2. The number of carboxylic acids is 1. The fourth-order valence-corrected chi connectivity index (χ4v) is 2.48. The van der Waals surface area contributed by atoms with Crippen LogP contribution in [0.5, 0.6) is 0 Å². The van der Waals surface area contributed by atoms with Gasteiger partial charge in [0.05, 0.1) is 12.7 Å². The van der Waals surface area contributed by atoms with Crippen molar-refractivity contribution >= 4 is 5.97 Å². The van der Waals surface area contributed by atoms with E-state index in [1.807, 2.05) is 0 Å². The normalized spacial score (nSPS) is 20.3. The second-order valence-corrected chi connectivity index (χ2v) is 5.59. The predicted octanol–water partition coefficient (Wildman–Crippen LogP) is 3.36. The molecule has 0 aromatic carbocycles. The van der Waals surface area contributed by atoms with Crippen LogP contribution in [-0.4, -0.2) is 43.3 Å². The van der Waals surface area contributed by atoms with E-state index in [-0.39, 0.29) is 18.8 Å². The molecule has 2 unspecified atom stereocenters. The summed E-state index contributed by atoms with van der Waals surface area (Å²) in [5, 5.41) is 8.66. The second kappa shape index (κ2) is 12.0. The van der Waals surface area contributed by atoms with E-state index in [2.05, 4.69) is 6.92 Å². The third kappa shape index (κ3) is 9.82. The largest absolute Gasteiger partial charge is 0.481 e. The van der Waals surface area contributed by atoms with E-state index in [9.17, 15) is 4.79 Å². The summed E-state index contributed by atoms with van der Waals surface area (Å²) in [4.78, 5) is 10.5. The van der Waals surface area contributed by atoms with Crippen molar-refractivity contribution in [3.05, 3.63) is 0 Å². The molecule has 1 rings (SSSR count). The third-order valence-corrected chi connectivity index (χ3v) is 3.61. The molecule has 0 aromatic rings. The van der Waals surface area contributed by atoms with Crippen LogP contribution in [-0.2, 0) is 19.0 Å². The average Bonchev–Trinajstić information content (AvgIpc) is 2.47. The Hall–Kier alpha value is -0.650. The molecule has 0 radical (unpaired) electrons. The van der Waals surface area contributed by atoms with Gasteiger partial charge >= 0.3 is 5.97 Å². The molecule has 1 saturated heterocycles. The van der Waals surface area contributed by atoms with Crippen molar-refractivity contribution in [1.82, 2.24) is 0 Å². The van der Waals surface area contributed by atoms with Crippen molar-refractivity contribution in [3.8, 4) is 0 Å². The first-order valence-electron chi connectivity index (χ1n) is 8.29. The SMILES string of the molecule is CCCC(CCCC(=O)O)OCCCOC1CCCCO1. The van der Waals surface area contributed by atoms with E-state index in [1.165, 1.54) is 6.42 Å². The van der Waals surface area contributed by atoms with Gasteiger partial charge in [-0.2, -0.15) is 0 Å². The lowest BCUT2D eigenvalue weighted by Crippen LogP contribution is -2.23. The van der Waals surface area contributed by atoms with Gasteiger partial charge in [-0.15, -0.1) is 0 Å². The highest BCUT2D eigenvalue weighted by Gasteiger charge is 2.14. The Labute approximate surface area is 128 Å². The number of ether oxygens (including phenoxy) is 3. The number of carboxylic acid groups (broad SMARTS) is 1. The molecule has 0 amide bonds. The minimum Gasteiger partial charge on any atom is -0.481 e. The lowest BCUT2D eigenvalue weighted by Gasteiger charge is -2.23. The molecule has 1 N–H and O–H groups in total. The Balaban J connectivity index is 2.02. The fraction of sp³-hybridized carbons (Fsp3) is 0.938. The van der Waals surface area contributed by atoms with Crippen molar-refractivity contribution in [3.63, 3.8) is 0 Å². The lowest BCUT2D eigenvalue weighted by molar-refractivity contribution is -0.164. The molecule has 0 aliphatic carbocycles. The van der Waals surface area contributed by atoms with Crippen LogP contribution in [0, 0.1) is 0 Å². The van der Waals surface area contributed by atoms with Gasteiger partial charge in [0.1, 0.15) is 0 Å². The molecule has 5 nitrogen and oxygen atoms in total. The summed E-state index contributed by atoms with van der Waals surface area (Å²) in [5.74, 6) is -0.730. The summed E-state index contributed by atoms with van der Waals surface area (Å²) in [5.41, 5.74) is 0. The van der Waals surface area contributed by atoms with Crippen molar-refractivity contribution in [2.75, 3.05) is 19.8 Å². The Kier molecular flexibility index (Phi) is 10.5. The summed E-state index contributed by atoms with van der Waals surface area (Å²) >= 11 is 0. The first kappa shape index (κ1) is 18.4. The zero-order valence-electron chi connectivity index (χ0n) is 13.2. The first-order valence-corrected chi connectivity index (χ1v) is 8.29. The minimum absolute atomic E-state index is 0.0271. The summed E-state index contributed by atoms with van der Waals surface area (Å²) in [6.07, 6.45) is 8.12. The van der Waals surface area contributed by atoms with Crippen LogP contribution in [0.4, 0.5) is 0 Å². The van der Waals surface area contributed by atoms with E-state index >= 15 is 0 Å². The molecule has 0 spiro atoms. The topological polar surface area (TPSA) is 65.0 Å².